The Bertz CT molecular complexity index is 475. The predicted molar refractivity (Wildman–Crippen MR) is 74.5 cm³/mol. The number of esters is 1. The summed E-state index contributed by atoms with van der Waals surface area (Å²) in [4.78, 5) is 14.2. The van der Waals surface area contributed by atoms with Gasteiger partial charge in [0.1, 0.15) is 16.0 Å². The van der Waals surface area contributed by atoms with Crippen molar-refractivity contribution in [2.75, 3.05) is 31.2 Å². The molecule has 0 aliphatic carbocycles. The van der Waals surface area contributed by atoms with Crippen LogP contribution < -0.4 is 4.90 Å². The second-order valence-electron chi connectivity index (χ2n) is 4.46. The number of halogens is 1. The van der Waals surface area contributed by atoms with E-state index in [9.17, 15) is 4.79 Å². The van der Waals surface area contributed by atoms with Crippen LogP contribution in [0.3, 0.4) is 0 Å². The van der Waals surface area contributed by atoms with Crippen molar-refractivity contribution in [2.24, 2.45) is 7.05 Å². The molecule has 1 atom stereocenters. The van der Waals surface area contributed by atoms with Gasteiger partial charge in [-0.05, 0) is 29.8 Å². The van der Waals surface area contributed by atoms with E-state index in [0.717, 1.165) is 18.9 Å². The molecule has 2 rings (SSSR count). The Morgan fingerprint density at radius 1 is 1.63 bits per heavy atom. The monoisotopic (exact) mass is 331 g/mol. The summed E-state index contributed by atoms with van der Waals surface area (Å²) in [6, 6.07) is 0. The third-order valence-electron chi connectivity index (χ3n) is 2.99. The van der Waals surface area contributed by atoms with Crippen molar-refractivity contribution in [3.63, 3.8) is 0 Å². The smallest absolute Gasteiger partial charge is 0.344 e. The predicted octanol–water partition coefficient (Wildman–Crippen LogP) is 1.58. The van der Waals surface area contributed by atoms with Crippen molar-refractivity contribution in [3.05, 3.63) is 10.2 Å². The van der Waals surface area contributed by atoms with Gasteiger partial charge in [0, 0.05) is 20.1 Å². The lowest BCUT2D eigenvalue weighted by molar-refractivity contribution is 0.0497. The molecule has 106 valence electrons. The van der Waals surface area contributed by atoms with E-state index in [1.807, 2.05) is 14.0 Å². The van der Waals surface area contributed by atoms with Crippen LogP contribution in [0.1, 0.15) is 24.2 Å². The van der Waals surface area contributed by atoms with E-state index in [0.29, 0.717) is 23.4 Å². The van der Waals surface area contributed by atoms with Crippen molar-refractivity contribution in [3.8, 4) is 0 Å². The van der Waals surface area contributed by atoms with Crippen molar-refractivity contribution in [1.82, 2.24) is 9.78 Å². The summed E-state index contributed by atoms with van der Waals surface area (Å²) in [5.41, 5.74) is 0.485. The normalized spacial score (nSPS) is 19.6. The number of morpholine rings is 1. The van der Waals surface area contributed by atoms with Gasteiger partial charge in [0.15, 0.2) is 0 Å². The Labute approximate surface area is 120 Å². The number of anilines is 1. The third kappa shape index (κ3) is 2.92. The Morgan fingerprint density at radius 2 is 2.37 bits per heavy atom. The van der Waals surface area contributed by atoms with E-state index in [2.05, 4.69) is 25.9 Å². The highest BCUT2D eigenvalue weighted by molar-refractivity contribution is 9.10. The molecule has 1 aliphatic rings. The van der Waals surface area contributed by atoms with Crippen LogP contribution in [0.5, 0.6) is 0 Å². The average Bonchev–Trinajstić information content (AvgIpc) is 2.64. The van der Waals surface area contributed by atoms with Gasteiger partial charge in [0.25, 0.3) is 0 Å². The lowest BCUT2D eigenvalue weighted by atomic mass is 10.2. The second-order valence-corrected chi connectivity index (χ2v) is 5.21. The molecule has 1 fully saturated rings. The Balaban J connectivity index is 2.35. The molecule has 2 heterocycles. The second kappa shape index (κ2) is 5.92. The van der Waals surface area contributed by atoms with E-state index < -0.39 is 0 Å². The Morgan fingerprint density at radius 3 is 3.00 bits per heavy atom. The van der Waals surface area contributed by atoms with Crippen LogP contribution in [-0.2, 0) is 16.5 Å². The first-order valence-corrected chi connectivity index (χ1v) is 7.10. The lowest BCUT2D eigenvalue weighted by Gasteiger charge is -2.33. The fourth-order valence-electron chi connectivity index (χ4n) is 2.24. The minimum atomic E-state index is -0.350. The number of carbonyl (C=O) groups is 1. The highest BCUT2D eigenvalue weighted by Gasteiger charge is 2.29. The molecule has 0 saturated carbocycles. The number of hydrogen-bond donors (Lipinski definition) is 0. The molecule has 0 N–H and O–H groups in total. The fourth-order valence-corrected chi connectivity index (χ4v) is 2.81. The molecule has 6 nitrogen and oxygen atoms in total. The maximum atomic E-state index is 12.1. The van der Waals surface area contributed by atoms with Gasteiger partial charge in [0.05, 0.1) is 19.3 Å². The number of nitrogens with zero attached hydrogens (tertiary/aromatic N) is 3. The molecule has 1 aliphatic heterocycles. The van der Waals surface area contributed by atoms with E-state index in [1.54, 1.807) is 11.6 Å². The SMILES string of the molecule is CCOC(=O)c1c(Br)nn(C)c1N1CCOC(C)C1. The molecule has 0 bridgehead atoms. The summed E-state index contributed by atoms with van der Waals surface area (Å²) in [7, 11) is 1.82. The van der Waals surface area contributed by atoms with Crippen LogP contribution in [-0.4, -0.2) is 48.2 Å². The number of hydrogen-bond acceptors (Lipinski definition) is 5. The summed E-state index contributed by atoms with van der Waals surface area (Å²) in [6.45, 7) is 6.27. The van der Waals surface area contributed by atoms with Crippen molar-refractivity contribution in [1.29, 1.82) is 0 Å². The number of aryl methyl sites for hydroxylation is 1. The first-order chi connectivity index (χ1) is 9.04. The molecule has 7 heteroatoms. The van der Waals surface area contributed by atoms with Gasteiger partial charge >= 0.3 is 5.97 Å². The van der Waals surface area contributed by atoms with Crippen LogP contribution in [0.4, 0.5) is 5.82 Å². The van der Waals surface area contributed by atoms with Crippen LogP contribution >= 0.6 is 15.9 Å². The van der Waals surface area contributed by atoms with E-state index in [-0.39, 0.29) is 12.1 Å². The van der Waals surface area contributed by atoms with E-state index in [4.69, 9.17) is 9.47 Å². The largest absolute Gasteiger partial charge is 0.462 e. The zero-order valence-corrected chi connectivity index (χ0v) is 12.9. The lowest BCUT2D eigenvalue weighted by Crippen LogP contribution is -2.42. The first-order valence-electron chi connectivity index (χ1n) is 6.30. The highest BCUT2D eigenvalue weighted by Crippen LogP contribution is 2.29. The summed E-state index contributed by atoms with van der Waals surface area (Å²) in [6.07, 6.45) is 0.137. The van der Waals surface area contributed by atoms with Gasteiger partial charge < -0.3 is 14.4 Å². The molecule has 0 aromatic carbocycles. The van der Waals surface area contributed by atoms with Gasteiger partial charge in [-0.1, -0.05) is 0 Å². The van der Waals surface area contributed by atoms with Crippen LogP contribution in [0, 0.1) is 0 Å². The highest BCUT2D eigenvalue weighted by atomic mass is 79.9. The molecule has 1 aromatic heterocycles. The molecule has 19 heavy (non-hydrogen) atoms. The minimum absolute atomic E-state index is 0.137. The van der Waals surface area contributed by atoms with Crippen LogP contribution in [0.25, 0.3) is 0 Å². The fraction of sp³-hybridized carbons (Fsp3) is 0.667. The summed E-state index contributed by atoms with van der Waals surface area (Å²) in [5, 5.41) is 4.26. The van der Waals surface area contributed by atoms with Crippen LogP contribution in [0.2, 0.25) is 0 Å². The zero-order valence-electron chi connectivity index (χ0n) is 11.4. The number of rotatable bonds is 3. The minimum Gasteiger partial charge on any atom is -0.462 e. The van der Waals surface area contributed by atoms with Gasteiger partial charge in [-0.15, -0.1) is 0 Å². The van der Waals surface area contributed by atoms with Gasteiger partial charge in [-0.2, -0.15) is 5.10 Å². The number of ether oxygens (including phenoxy) is 2. The standard InChI is InChI=1S/C12H18BrN3O3/c1-4-18-12(17)9-10(13)14-15(3)11(9)16-5-6-19-8(2)7-16/h8H,4-7H2,1-3H3. The van der Waals surface area contributed by atoms with Crippen molar-refractivity contribution >= 4 is 27.7 Å². The quantitative estimate of drug-likeness (QED) is 0.787. The molecule has 1 aromatic rings. The maximum Gasteiger partial charge on any atom is 0.344 e. The van der Waals surface area contributed by atoms with Gasteiger partial charge in [-0.25, -0.2) is 4.79 Å². The molecule has 0 amide bonds. The molecule has 0 radical (unpaired) electrons. The molecular formula is C12H18BrN3O3. The van der Waals surface area contributed by atoms with Gasteiger partial charge in [-0.3, -0.25) is 4.68 Å². The summed E-state index contributed by atoms with van der Waals surface area (Å²) in [5.74, 6) is 0.428. The maximum absolute atomic E-state index is 12.1. The average molecular weight is 332 g/mol. The van der Waals surface area contributed by atoms with Crippen molar-refractivity contribution < 1.29 is 14.3 Å². The number of carbonyl (C=O) groups excluding carboxylic acids is 1. The Kier molecular flexibility index (Phi) is 4.46. The van der Waals surface area contributed by atoms with E-state index >= 15 is 0 Å². The molecule has 1 saturated heterocycles. The first kappa shape index (κ1) is 14.3. The topological polar surface area (TPSA) is 56.6 Å². The summed E-state index contributed by atoms with van der Waals surface area (Å²) < 4.78 is 12.8. The van der Waals surface area contributed by atoms with Gasteiger partial charge in [0.2, 0.25) is 0 Å². The number of aromatic nitrogens is 2. The molecule has 0 spiro atoms. The molecular weight excluding hydrogens is 314 g/mol. The summed E-state index contributed by atoms with van der Waals surface area (Å²) >= 11 is 3.33. The van der Waals surface area contributed by atoms with Crippen LogP contribution in [0.15, 0.2) is 4.60 Å². The third-order valence-corrected chi connectivity index (χ3v) is 3.55. The van der Waals surface area contributed by atoms with Crippen molar-refractivity contribution in [2.45, 2.75) is 20.0 Å². The Hall–Kier alpha value is -1.08. The zero-order chi connectivity index (χ0) is 14.0. The molecule has 1 unspecified atom stereocenters. The van der Waals surface area contributed by atoms with E-state index in [1.165, 1.54) is 0 Å².